The van der Waals surface area contributed by atoms with Crippen molar-refractivity contribution in [3.8, 4) is 5.75 Å². The standard InChI is InChI=1S/C25H28F2N2O6/c1-14-16(10-7-11-17(14)30)21(32)28-19(25(26,27)15-8-5-4-6-9-15)18(31)22(33)29-13-12-24(2,3)20(29)23(34)35/h4-11,18-20,30-31H,12-13H2,1-3H3,(H,28,32)(H,34,35)/t18-,19-,20?/m0/s1. The highest BCUT2D eigenvalue weighted by Crippen LogP contribution is 2.39. The highest BCUT2D eigenvalue weighted by atomic mass is 19.3. The molecule has 1 fully saturated rings. The molecule has 3 atom stereocenters. The molecule has 0 bridgehead atoms. The lowest BCUT2D eigenvalue weighted by molar-refractivity contribution is -0.160. The summed E-state index contributed by atoms with van der Waals surface area (Å²) in [7, 11) is 0. The number of amides is 2. The number of carbonyl (C=O) groups excluding carboxylic acids is 2. The quantitative estimate of drug-likeness (QED) is 0.473. The van der Waals surface area contributed by atoms with Crippen molar-refractivity contribution in [2.75, 3.05) is 6.54 Å². The highest BCUT2D eigenvalue weighted by Gasteiger charge is 2.54. The number of hydrogen-bond donors (Lipinski definition) is 4. The topological polar surface area (TPSA) is 127 Å². The Kier molecular flexibility index (Phi) is 7.16. The minimum atomic E-state index is -3.91. The summed E-state index contributed by atoms with van der Waals surface area (Å²) < 4.78 is 31.3. The highest BCUT2D eigenvalue weighted by molar-refractivity contribution is 5.97. The number of aliphatic hydroxyl groups is 1. The van der Waals surface area contributed by atoms with Crippen molar-refractivity contribution in [2.24, 2.45) is 5.41 Å². The van der Waals surface area contributed by atoms with E-state index in [9.17, 15) is 29.7 Å². The molecule has 1 heterocycles. The number of nitrogens with zero attached hydrogens (tertiary/aromatic N) is 1. The van der Waals surface area contributed by atoms with Gasteiger partial charge in [0.05, 0.1) is 0 Å². The van der Waals surface area contributed by atoms with Crippen LogP contribution in [0.5, 0.6) is 5.75 Å². The fraction of sp³-hybridized carbons (Fsp3) is 0.400. The Hall–Kier alpha value is -3.53. The van der Waals surface area contributed by atoms with Crippen LogP contribution in [0.25, 0.3) is 0 Å². The molecule has 0 spiro atoms. The van der Waals surface area contributed by atoms with E-state index < -0.39 is 52.9 Å². The Morgan fingerprint density at radius 2 is 1.74 bits per heavy atom. The number of rotatable bonds is 7. The van der Waals surface area contributed by atoms with Crippen LogP contribution in [0.1, 0.15) is 41.8 Å². The average molecular weight is 491 g/mol. The number of aromatic hydroxyl groups is 1. The van der Waals surface area contributed by atoms with Gasteiger partial charge in [0.15, 0.2) is 6.10 Å². The fourth-order valence-corrected chi connectivity index (χ4v) is 4.41. The number of aliphatic carboxylic acids is 1. The number of aliphatic hydroxyl groups excluding tert-OH is 1. The number of benzene rings is 2. The molecule has 10 heteroatoms. The maximum atomic E-state index is 15.7. The molecule has 3 rings (SSSR count). The molecule has 0 aromatic heterocycles. The van der Waals surface area contributed by atoms with Gasteiger partial charge in [-0.2, -0.15) is 8.78 Å². The molecule has 1 saturated heterocycles. The molecule has 1 aliphatic heterocycles. The van der Waals surface area contributed by atoms with Gasteiger partial charge in [-0.3, -0.25) is 9.59 Å². The van der Waals surface area contributed by atoms with E-state index in [1.165, 1.54) is 43.3 Å². The van der Waals surface area contributed by atoms with Crippen LogP contribution in [0, 0.1) is 12.3 Å². The summed E-state index contributed by atoms with van der Waals surface area (Å²) in [6, 6.07) is 6.61. The minimum Gasteiger partial charge on any atom is -0.508 e. The molecule has 1 unspecified atom stereocenters. The summed E-state index contributed by atoms with van der Waals surface area (Å²) >= 11 is 0. The zero-order valence-electron chi connectivity index (χ0n) is 19.5. The third-order valence-corrected chi connectivity index (χ3v) is 6.52. The maximum Gasteiger partial charge on any atom is 0.326 e. The van der Waals surface area contributed by atoms with Crippen LogP contribution in [0.2, 0.25) is 0 Å². The molecule has 2 aromatic rings. The zero-order chi connectivity index (χ0) is 26.1. The minimum absolute atomic E-state index is 0.0525. The smallest absolute Gasteiger partial charge is 0.326 e. The van der Waals surface area contributed by atoms with E-state index in [1.807, 2.05) is 0 Å². The first kappa shape index (κ1) is 26.1. The number of hydrogen-bond acceptors (Lipinski definition) is 5. The number of carbonyl (C=O) groups is 3. The summed E-state index contributed by atoms with van der Waals surface area (Å²) in [6.07, 6.45) is -2.17. The molecular formula is C25H28F2N2O6. The zero-order valence-corrected chi connectivity index (χ0v) is 19.5. The van der Waals surface area contributed by atoms with E-state index in [0.717, 1.165) is 17.0 Å². The van der Waals surface area contributed by atoms with Gasteiger partial charge in [-0.15, -0.1) is 0 Å². The van der Waals surface area contributed by atoms with Gasteiger partial charge in [-0.25, -0.2) is 4.79 Å². The van der Waals surface area contributed by atoms with Crippen molar-refractivity contribution < 1.29 is 38.5 Å². The fourth-order valence-electron chi connectivity index (χ4n) is 4.41. The van der Waals surface area contributed by atoms with E-state index >= 15 is 8.78 Å². The van der Waals surface area contributed by atoms with Gasteiger partial charge < -0.3 is 25.5 Å². The van der Waals surface area contributed by atoms with Gasteiger partial charge in [0, 0.05) is 23.2 Å². The molecule has 188 valence electrons. The molecule has 35 heavy (non-hydrogen) atoms. The van der Waals surface area contributed by atoms with Gasteiger partial charge in [0.25, 0.3) is 17.7 Å². The normalized spacial score (nSPS) is 19.1. The van der Waals surface area contributed by atoms with Crippen molar-refractivity contribution in [3.05, 3.63) is 65.2 Å². The predicted octanol–water partition coefficient (Wildman–Crippen LogP) is 2.66. The van der Waals surface area contributed by atoms with Crippen molar-refractivity contribution in [1.82, 2.24) is 10.2 Å². The maximum absolute atomic E-state index is 15.7. The Balaban J connectivity index is 2.01. The first-order chi connectivity index (χ1) is 16.3. The van der Waals surface area contributed by atoms with Crippen LogP contribution in [0.4, 0.5) is 8.78 Å². The summed E-state index contributed by atoms with van der Waals surface area (Å²) in [5.41, 5.74) is -1.40. The second kappa shape index (κ2) is 9.61. The largest absolute Gasteiger partial charge is 0.508 e. The number of halogens is 2. The Morgan fingerprint density at radius 1 is 1.11 bits per heavy atom. The number of likely N-dealkylation sites (tertiary alicyclic amines) is 1. The SMILES string of the molecule is Cc1c(O)cccc1C(=O)N[C@@H]([C@H](O)C(=O)N1CCC(C)(C)C1C(=O)O)C(F)(F)c1ccccc1. The monoisotopic (exact) mass is 490 g/mol. The van der Waals surface area contributed by atoms with Crippen LogP contribution in [0.15, 0.2) is 48.5 Å². The van der Waals surface area contributed by atoms with Crippen LogP contribution < -0.4 is 5.32 Å². The lowest BCUT2D eigenvalue weighted by Gasteiger charge is -2.35. The number of carboxylic acids is 1. The molecule has 2 amide bonds. The second-order valence-electron chi connectivity index (χ2n) is 9.35. The van der Waals surface area contributed by atoms with Gasteiger partial charge in [-0.05, 0) is 30.9 Å². The summed E-state index contributed by atoms with van der Waals surface area (Å²) in [4.78, 5) is 38.9. The molecule has 0 saturated carbocycles. The van der Waals surface area contributed by atoms with Gasteiger partial charge >= 0.3 is 5.97 Å². The Morgan fingerprint density at radius 3 is 2.34 bits per heavy atom. The average Bonchev–Trinajstić information content (AvgIpc) is 3.13. The van der Waals surface area contributed by atoms with E-state index in [-0.39, 0.29) is 29.8 Å². The van der Waals surface area contributed by atoms with E-state index in [0.29, 0.717) is 0 Å². The van der Waals surface area contributed by atoms with E-state index in [1.54, 1.807) is 13.8 Å². The third-order valence-electron chi connectivity index (χ3n) is 6.52. The first-order valence-corrected chi connectivity index (χ1v) is 11.0. The summed E-state index contributed by atoms with van der Waals surface area (Å²) in [5.74, 6) is -7.73. The molecular weight excluding hydrogens is 462 g/mol. The van der Waals surface area contributed by atoms with Crippen LogP contribution in [-0.4, -0.2) is 62.7 Å². The second-order valence-corrected chi connectivity index (χ2v) is 9.35. The van der Waals surface area contributed by atoms with Crippen molar-refractivity contribution >= 4 is 17.8 Å². The van der Waals surface area contributed by atoms with Crippen molar-refractivity contribution in [2.45, 2.75) is 51.3 Å². The van der Waals surface area contributed by atoms with Crippen LogP contribution >= 0.6 is 0 Å². The predicted molar refractivity (Wildman–Crippen MR) is 122 cm³/mol. The molecule has 0 radical (unpaired) electrons. The van der Waals surface area contributed by atoms with Gasteiger partial charge in [0.1, 0.15) is 17.8 Å². The number of alkyl halides is 2. The molecule has 4 N–H and O–H groups in total. The number of phenolic OH excluding ortho intramolecular Hbond substituents is 1. The Labute approximate surface area is 201 Å². The summed E-state index contributed by atoms with van der Waals surface area (Å²) in [5, 5.41) is 32.5. The third kappa shape index (κ3) is 4.97. The molecule has 1 aliphatic rings. The molecule has 8 nitrogen and oxygen atoms in total. The lowest BCUT2D eigenvalue weighted by atomic mass is 9.84. The van der Waals surface area contributed by atoms with E-state index in [4.69, 9.17) is 0 Å². The van der Waals surface area contributed by atoms with Crippen LogP contribution in [0.3, 0.4) is 0 Å². The van der Waals surface area contributed by atoms with Crippen molar-refractivity contribution in [1.29, 1.82) is 0 Å². The Bertz CT molecular complexity index is 1120. The lowest BCUT2D eigenvalue weighted by Crippen LogP contribution is -2.60. The van der Waals surface area contributed by atoms with E-state index in [2.05, 4.69) is 5.32 Å². The number of carboxylic acid groups (broad SMARTS) is 1. The molecule has 2 aromatic carbocycles. The van der Waals surface area contributed by atoms with Crippen LogP contribution in [-0.2, 0) is 15.5 Å². The van der Waals surface area contributed by atoms with Crippen molar-refractivity contribution in [3.63, 3.8) is 0 Å². The number of nitrogens with one attached hydrogen (secondary N) is 1. The molecule has 0 aliphatic carbocycles. The first-order valence-electron chi connectivity index (χ1n) is 11.0. The van der Waals surface area contributed by atoms with Gasteiger partial charge in [0.2, 0.25) is 0 Å². The summed E-state index contributed by atoms with van der Waals surface area (Å²) in [6.45, 7) is 4.63. The number of phenols is 1. The van der Waals surface area contributed by atoms with Gasteiger partial charge in [-0.1, -0.05) is 50.2 Å².